The second-order valence-electron chi connectivity index (χ2n) is 7.56. The van der Waals surface area contributed by atoms with Gasteiger partial charge in [0.2, 0.25) is 10.0 Å². The molecular formula is C22H24FN3O3S2. The van der Waals surface area contributed by atoms with E-state index in [-0.39, 0.29) is 17.3 Å². The topological polar surface area (TPSA) is 62.6 Å². The van der Waals surface area contributed by atoms with Gasteiger partial charge < -0.3 is 9.47 Å². The van der Waals surface area contributed by atoms with Crippen LogP contribution >= 0.6 is 11.3 Å². The summed E-state index contributed by atoms with van der Waals surface area (Å²) >= 11 is 1.60. The molecule has 0 bridgehead atoms. The summed E-state index contributed by atoms with van der Waals surface area (Å²) < 4.78 is 42.6. The van der Waals surface area contributed by atoms with Gasteiger partial charge in [-0.3, -0.25) is 4.79 Å². The molecule has 0 N–H and O–H groups in total. The van der Waals surface area contributed by atoms with Crippen LogP contribution in [0.15, 0.2) is 58.8 Å². The molecule has 164 valence electrons. The van der Waals surface area contributed by atoms with Crippen molar-refractivity contribution >= 4 is 37.5 Å². The Hall–Kier alpha value is -2.49. The van der Waals surface area contributed by atoms with Crippen LogP contribution in [0.3, 0.4) is 0 Å². The van der Waals surface area contributed by atoms with Gasteiger partial charge in [0.1, 0.15) is 16.3 Å². The fraction of sp³-hybridized carbons (Fsp3) is 0.318. The molecular weight excluding hydrogens is 437 g/mol. The number of amides is 1. The molecule has 1 amide bonds. The third-order valence-electron chi connectivity index (χ3n) is 5.52. The van der Waals surface area contributed by atoms with E-state index in [0.29, 0.717) is 25.3 Å². The minimum absolute atomic E-state index is 0.0565. The molecule has 1 saturated heterocycles. The number of hydrogen-bond acceptors (Lipinski definition) is 4. The Morgan fingerprint density at radius 1 is 1.23 bits per heavy atom. The highest BCUT2D eigenvalue weighted by Crippen LogP contribution is 2.28. The number of allylic oxidation sites excluding steroid dienone is 2. The Morgan fingerprint density at radius 3 is 2.65 bits per heavy atom. The van der Waals surface area contributed by atoms with Gasteiger partial charge in [0, 0.05) is 37.6 Å². The highest BCUT2D eigenvalue weighted by molar-refractivity contribution is 7.89. The number of benzene rings is 1. The molecule has 1 aliphatic heterocycles. The van der Waals surface area contributed by atoms with Crippen molar-refractivity contribution in [3.8, 4) is 0 Å². The summed E-state index contributed by atoms with van der Waals surface area (Å²) in [7, 11) is -3.76. The van der Waals surface area contributed by atoms with Gasteiger partial charge in [0.25, 0.3) is 5.91 Å². The molecule has 1 atom stereocenters. The second-order valence-corrected chi connectivity index (χ2v) is 10.3. The van der Waals surface area contributed by atoms with E-state index in [1.54, 1.807) is 23.2 Å². The Kier molecular flexibility index (Phi) is 6.00. The van der Waals surface area contributed by atoms with E-state index in [1.807, 2.05) is 41.2 Å². The number of carbonyl (C=O) groups excluding carboxylic acids is 1. The van der Waals surface area contributed by atoms with Gasteiger partial charge in [-0.05, 0) is 55.6 Å². The number of sulfonamides is 1. The van der Waals surface area contributed by atoms with Crippen LogP contribution < -0.4 is 0 Å². The lowest BCUT2D eigenvalue weighted by Gasteiger charge is -2.39. The third kappa shape index (κ3) is 4.05. The van der Waals surface area contributed by atoms with Crippen molar-refractivity contribution in [2.75, 3.05) is 19.6 Å². The van der Waals surface area contributed by atoms with E-state index in [4.69, 9.17) is 0 Å². The van der Waals surface area contributed by atoms with Gasteiger partial charge in [-0.25, -0.2) is 12.8 Å². The van der Waals surface area contributed by atoms with Crippen molar-refractivity contribution in [3.63, 3.8) is 0 Å². The Labute approximate surface area is 185 Å². The zero-order chi connectivity index (χ0) is 22.2. The standard InChI is InChI=1S/C22H24FN3O3S2/c1-3-4-10-25-20(14-17-9-13-30-22(17)25)21(27)24-11-12-26(16(2)15-24)31(28,29)19-7-5-18(23)6-8-19/h3-9,13-14,16H,10-12,15H2,1-2H3/b4-3-. The van der Waals surface area contributed by atoms with Crippen molar-refractivity contribution in [3.05, 3.63) is 65.4 Å². The van der Waals surface area contributed by atoms with Crippen LogP contribution in [0.2, 0.25) is 0 Å². The summed E-state index contributed by atoms with van der Waals surface area (Å²) in [6.45, 7) is 5.12. The molecule has 0 saturated carbocycles. The zero-order valence-corrected chi connectivity index (χ0v) is 19.0. The quantitative estimate of drug-likeness (QED) is 0.541. The van der Waals surface area contributed by atoms with Gasteiger partial charge in [-0.2, -0.15) is 4.31 Å². The largest absolute Gasteiger partial charge is 0.334 e. The molecule has 6 nitrogen and oxygen atoms in total. The van der Waals surface area contributed by atoms with E-state index < -0.39 is 21.9 Å². The number of aromatic nitrogens is 1. The molecule has 1 unspecified atom stereocenters. The molecule has 0 spiro atoms. The van der Waals surface area contributed by atoms with Crippen molar-refractivity contribution in [2.24, 2.45) is 0 Å². The van der Waals surface area contributed by atoms with E-state index in [9.17, 15) is 17.6 Å². The summed E-state index contributed by atoms with van der Waals surface area (Å²) in [5.74, 6) is -0.582. The number of fused-ring (bicyclic) bond motifs is 1. The van der Waals surface area contributed by atoms with E-state index in [2.05, 4.69) is 0 Å². The highest BCUT2D eigenvalue weighted by atomic mass is 32.2. The highest BCUT2D eigenvalue weighted by Gasteiger charge is 2.36. The number of thiophene rings is 1. The number of carbonyl (C=O) groups is 1. The lowest BCUT2D eigenvalue weighted by atomic mass is 10.2. The summed E-state index contributed by atoms with van der Waals surface area (Å²) in [5.41, 5.74) is 0.613. The zero-order valence-electron chi connectivity index (χ0n) is 17.4. The van der Waals surface area contributed by atoms with Crippen molar-refractivity contribution in [1.29, 1.82) is 0 Å². The monoisotopic (exact) mass is 461 g/mol. The molecule has 9 heteroatoms. The molecule has 1 aromatic carbocycles. The first-order chi connectivity index (χ1) is 14.8. The lowest BCUT2D eigenvalue weighted by molar-refractivity contribution is 0.0632. The molecule has 1 aliphatic rings. The molecule has 31 heavy (non-hydrogen) atoms. The fourth-order valence-electron chi connectivity index (χ4n) is 3.93. The smallest absolute Gasteiger partial charge is 0.270 e. The molecule has 0 radical (unpaired) electrons. The average Bonchev–Trinajstić information content (AvgIpc) is 3.33. The SMILES string of the molecule is C/C=C\Cn1c(C(=O)N2CCN(S(=O)(=O)c3ccc(F)cc3)C(C)C2)cc2ccsc21. The van der Waals surface area contributed by atoms with Gasteiger partial charge in [-0.1, -0.05) is 12.2 Å². The van der Waals surface area contributed by atoms with Crippen molar-refractivity contribution < 1.29 is 17.6 Å². The third-order valence-corrected chi connectivity index (χ3v) is 8.50. The predicted molar refractivity (Wildman–Crippen MR) is 120 cm³/mol. The Bertz CT molecular complexity index is 1230. The summed E-state index contributed by atoms with van der Waals surface area (Å²) in [6, 6.07) is 8.34. The molecule has 4 rings (SSSR count). The molecule has 3 aromatic rings. The lowest BCUT2D eigenvalue weighted by Crippen LogP contribution is -2.55. The van der Waals surface area contributed by atoms with E-state index in [0.717, 1.165) is 22.3 Å². The molecule has 2 aromatic heterocycles. The Morgan fingerprint density at radius 2 is 1.97 bits per heavy atom. The first kappa shape index (κ1) is 21.7. The van der Waals surface area contributed by atoms with E-state index in [1.165, 1.54) is 16.4 Å². The van der Waals surface area contributed by atoms with Crippen LogP contribution in [0.1, 0.15) is 24.3 Å². The van der Waals surface area contributed by atoms with Crippen LogP contribution in [-0.2, 0) is 16.6 Å². The predicted octanol–water partition coefficient (Wildman–Crippen LogP) is 3.95. The number of rotatable bonds is 5. The van der Waals surface area contributed by atoms with Crippen LogP contribution in [0.5, 0.6) is 0 Å². The number of hydrogen-bond donors (Lipinski definition) is 0. The number of halogens is 1. The van der Waals surface area contributed by atoms with Gasteiger partial charge in [0.05, 0.1) is 4.90 Å². The van der Waals surface area contributed by atoms with Crippen LogP contribution in [0.25, 0.3) is 10.2 Å². The van der Waals surface area contributed by atoms with Gasteiger partial charge in [0.15, 0.2) is 0 Å². The number of nitrogens with zero attached hydrogens (tertiary/aromatic N) is 3. The van der Waals surface area contributed by atoms with Crippen molar-refractivity contribution in [2.45, 2.75) is 31.3 Å². The molecule has 0 aliphatic carbocycles. The number of piperazine rings is 1. The van der Waals surface area contributed by atoms with Crippen LogP contribution in [-0.4, -0.2) is 53.8 Å². The fourth-order valence-corrected chi connectivity index (χ4v) is 6.45. The normalized spacial score (nSPS) is 18.3. The first-order valence-electron chi connectivity index (χ1n) is 10.1. The average molecular weight is 462 g/mol. The summed E-state index contributed by atoms with van der Waals surface area (Å²) in [6.07, 6.45) is 3.96. The Balaban J connectivity index is 1.55. The second kappa shape index (κ2) is 8.57. The van der Waals surface area contributed by atoms with Crippen LogP contribution in [0.4, 0.5) is 4.39 Å². The molecule has 1 fully saturated rings. The van der Waals surface area contributed by atoms with E-state index >= 15 is 0 Å². The minimum Gasteiger partial charge on any atom is -0.334 e. The summed E-state index contributed by atoms with van der Waals surface area (Å²) in [4.78, 5) is 16.2. The maximum absolute atomic E-state index is 13.3. The first-order valence-corrected chi connectivity index (χ1v) is 12.4. The maximum Gasteiger partial charge on any atom is 0.270 e. The minimum atomic E-state index is -3.76. The summed E-state index contributed by atoms with van der Waals surface area (Å²) in [5, 5.41) is 3.04. The maximum atomic E-state index is 13.3. The van der Waals surface area contributed by atoms with Crippen LogP contribution in [0, 0.1) is 5.82 Å². The van der Waals surface area contributed by atoms with Crippen molar-refractivity contribution in [1.82, 2.24) is 13.8 Å². The van der Waals surface area contributed by atoms with Gasteiger partial charge in [-0.15, -0.1) is 11.3 Å². The van der Waals surface area contributed by atoms with Gasteiger partial charge >= 0.3 is 0 Å². The molecule has 3 heterocycles.